The Morgan fingerprint density at radius 1 is 1.62 bits per heavy atom. The second-order valence-electron chi connectivity index (χ2n) is 3.38. The normalized spacial score (nSPS) is 11.9. The zero-order valence-electron chi connectivity index (χ0n) is 9.03. The van der Waals surface area contributed by atoms with Crippen molar-refractivity contribution in [3.05, 3.63) is 23.2 Å². The van der Waals surface area contributed by atoms with Gasteiger partial charge in [-0.05, 0) is 25.1 Å². The molecule has 0 aliphatic carbocycles. The van der Waals surface area contributed by atoms with E-state index in [1.165, 1.54) is 9.40 Å². The molecule has 2 aromatic heterocycles. The quantitative estimate of drug-likeness (QED) is 0.653. The van der Waals surface area contributed by atoms with Crippen LogP contribution in [0.15, 0.2) is 18.2 Å². The van der Waals surface area contributed by atoms with Gasteiger partial charge >= 0.3 is 0 Å². The highest BCUT2D eigenvalue weighted by Gasteiger charge is 1.99. The van der Waals surface area contributed by atoms with Gasteiger partial charge in [-0.2, -0.15) is 0 Å². The van der Waals surface area contributed by atoms with E-state index in [1.54, 1.807) is 18.3 Å². The van der Waals surface area contributed by atoms with Crippen LogP contribution >= 0.6 is 22.9 Å². The van der Waals surface area contributed by atoms with E-state index in [0.717, 1.165) is 5.02 Å². The van der Waals surface area contributed by atoms with Crippen molar-refractivity contribution in [2.24, 2.45) is 0 Å². The van der Waals surface area contributed by atoms with Gasteiger partial charge in [0.1, 0.15) is 0 Å². The van der Waals surface area contributed by atoms with Gasteiger partial charge in [0.2, 0.25) is 0 Å². The van der Waals surface area contributed by atoms with Gasteiger partial charge in [-0.3, -0.25) is 0 Å². The minimum atomic E-state index is -0.302. The Bertz CT molecular complexity index is 446. The molecule has 86 valence electrons. The number of fused-ring (bicyclic) bond motifs is 2. The average molecular weight is 256 g/mol. The van der Waals surface area contributed by atoms with E-state index in [2.05, 4.69) is 17.3 Å². The largest absolute Gasteiger partial charge is 0.392 e. The molecule has 0 saturated carbocycles. The molecule has 0 aromatic carbocycles. The van der Waals surface area contributed by atoms with Crippen LogP contribution in [0.2, 0.25) is 5.02 Å². The summed E-state index contributed by atoms with van der Waals surface area (Å²) in [6, 6.07) is 6.11. The number of hydrogen-bond acceptors (Lipinski definition) is 3. The molecule has 2 N–H and O–H groups in total. The SMILES string of the molecule is C#CCNCC(C)O.Clc1cc2ccc1s2. The number of rotatable bonds is 3. The molecule has 4 heteroatoms. The van der Waals surface area contributed by atoms with E-state index in [1.807, 2.05) is 12.1 Å². The number of thiophene rings is 2. The summed E-state index contributed by atoms with van der Waals surface area (Å²) in [5, 5.41) is 12.4. The molecule has 0 aliphatic rings. The molecule has 16 heavy (non-hydrogen) atoms. The summed E-state index contributed by atoms with van der Waals surface area (Å²) in [5.41, 5.74) is 0. The third-order valence-electron chi connectivity index (χ3n) is 1.80. The summed E-state index contributed by atoms with van der Waals surface area (Å²) in [6.07, 6.45) is 4.62. The van der Waals surface area contributed by atoms with Gasteiger partial charge in [0.25, 0.3) is 0 Å². The molecular formula is C12H14ClNOS. The lowest BCUT2D eigenvalue weighted by Gasteiger charge is -2.01. The van der Waals surface area contributed by atoms with E-state index in [9.17, 15) is 0 Å². The number of aliphatic hydroxyl groups is 1. The number of nitrogens with one attached hydrogen (secondary N) is 1. The van der Waals surface area contributed by atoms with Gasteiger partial charge in [0.15, 0.2) is 0 Å². The maximum Gasteiger partial charge on any atom is 0.0636 e. The smallest absolute Gasteiger partial charge is 0.0636 e. The second-order valence-corrected chi connectivity index (χ2v) is 4.90. The first kappa shape index (κ1) is 13.3. The van der Waals surface area contributed by atoms with Crippen LogP contribution in [0.25, 0.3) is 9.40 Å². The van der Waals surface area contributed by atoms with Crippen molar-refractivity contribution in [3.63, 3.8) is 0 Å². The first-order valence-electron chi connectivity index (χ1n) is 4.93. The van der Waals surface area contributed by atoms with Crippen LogP contribution in [-0.4, -0.2) is 24.3 Å². The van der Waals surface area contributed by atoms with E-state index in [0.29, 0.717) is 13.1 Å². The molecule has 1 unspecified atom stereocenters. The van der Waals surface area contributed by atoms with Crippen molar-refractivity contribution in [2.45, 2.75) is 13.0 Å². The number of aliphatic hydroxyl groups excluding tert-OH is 1. The monoisotopic (exact) mass is 255 g/mol. The molecule has 0 aliphatic heterocycles. The third kappa shape index (κ3) is 4.38. The highest BCUT2D eigenvalue weighted by atomic mass is 35.5. The summed E-state index contributed by atoms with van der Waals surface area (Å²) in [7, 11) is 0. The predicted octanol–water partition coefficient (Wildman–Crippen LogP) is 2.58. The highest BCUT2D eigenvalue weighted by Crippen LogP contribution is 2.31. The number of terminal acetylenes is 1. The standard InChI is InChI=1S/C6H3ClS.C6H11NO/c7-5-3-4-1-2-6(5)8-4;1-3-4-7-5-6(2)8/h1-3H;1,6-8H,4-5H2,2H3. The Morgan fingerprint density at radius 2 is 2.38 bits per heavy atom. The number of hydrogen-bond donors (Lipinski definition) is 2. The fourth-order valence-electron chi connectivity index (χ4n) is 1.11. The van der Waals surface area contributed by atoms with E-state index >= 15 is 0 Å². The Balaban J connectivity index is 0.000000160. The van der Waals surface area contributed by atoms with Crippen molar-refractivity contribution in [1.29, 1.82) is 0 Å². The third-order valence-corrected chi connectivity index (χ3v) is 3.29. The van der Waals surface area contributed by atoms with E-state index in [-0.39, 0.29) is 6.10 Å². The van der Waals surface area contributed by atoms with Crippen LogP contribution in [-0.2, 0) is 0 Å². The van der Waals surface area contributed by atoms with Crippen LogP contribution < -0.4 is 5.32 Å². The maximum absolute atomic E-state index is 8.65. The van der Waals surface area contributed by atoms with Crippen LogP contribution in [0.1, 0.15) is 6.92 Å². The zero-order chi connectivity index (χ0) is 12.0. The summed E-state index contributed by atoms with van der Waals surface area (Å²) >= 11 is 7.48. The van der Waals surface area contributed by atoms with Crippen molar-refractivity contribution in [3.8, 4) is 12.3 Å². The van der Waals surface area contributed by atoms with Gasteiger partial charge in [-0.25, -0.2) is 0 Å². The predicted molar refractivity (Wildman–Crippen MR) is 71.4 cm³/mol. The van der Waals surface area contributed by atoms with Gasteiger partial charge in [0.05, 0.1) is 17.7 Å². The zero-order valence-corrected chi connectivity index (χ0v) is 10.6. The van der Waals surface area contributed by atoms with Crippen molar-refractivity contribution < 1.29 is 5.11 Å². The summed E-state index contributed by atoms with van der Waals surface area (Å²) in [4.78, 5) is 0. The second kappa shape index (κ2) is 6.72. The first-order chi connectivity index (χ1) is 7.63. The van der Waals surface area contributed by atoms with Gasteiger partial charge in [-0.15, -0.1) is 17.8 Å². The Hall–Kier alpha value is -0.790. The molecule has 1 atom stereocenters. The lowest BCUT2D eigenvalue weighted by atomic mass is 10.4. The Labute approximate surface area is 105 Å². The van der Waals surface area contributed by atoms with Crippen LogP contribution in [0.4, 0.5) is 0 Å². The summed E-state index contributed by atoms with van der Waals surface area (Å²) < 4.78 is 2.46. The van der Waals surface area contributed by atoms with Crippen molar-refractivity contribution >= 4 is 32.3 Å². The van der Waals surface area contributed by atoms with Crippen LogP contribution in [0.5, 0.6) is 0 Å². The van der Waals surface area contributed by atoms with Gasteiger partial charge in [-0.1, -0.05) is 17.5 Å². The van der Waals surface area contributed by atoms with Gasteiger partial charge < -0.3 is 10.4 Å². The molecule has 2 nitrogen and oxygen atoms in total. The van der Waals surface area contributed by atoms with Crippen LogP contribution in [0.3, 0.4) is 0 Å². The summed E-state index contributed by atoms with van der Waals surface area (Å²) in [5.74, 6) is 2.40. The van der Waals surface area contributed by atoms with Crippen molar-refractivity contribution in [2.75, 3.05) is 13.1 Å². The highest BCUT2D eigenvalue weighted by molar-refractivity contribution is 7.24. The molecule has 0 spiro atoms. The Kier molecular flexibility index (Phi) is 5.58. The number of halogens is 1. The fraction of sp³-hybridized carbons (Fsp3) is 0.333. The van der Waals surface area contributed by atoms with Gasteiger partial charge in [0, 0.05) is 15.9 Å². The lowest BCUT2D eigenvalue weighted by Crippen LogP contribution is -2.24. The fourth-order valence-corrected chi connectivity index (χ4v) is 2.33. The molecule has 0 saturated heterocycles. The molecule has 0 fully saturated rings. The van der Waals surface area contributed by atoms with E-state index < -0.39 is 0 Å². The minimum absolute atomic E-state index is 0.302. The molecule has 2 heterocycles. The summed E-state index contributed by atoms with van der Waals surface area (Å²) in [6.45, 7) is 2.82. The minimum Gasteiger partial charge on any atom is -0.392 e. The molecule has 2 rings (SSSR count). The van der Waals surface area contributed by atoms with E-state index in [4.69, 9.17) is 23.1 Å². The Morgan fingerprint density at radius 3 is 2.69 bits per heavy atom. The molecular weight excluding hydrogens is 242 g/mol. The maximum atomic E-state index is 8.65. The molecule has 2 aromatic rings. The molecule has 0 radical (unpaired) electrons. The topological polar surface area (TPSA) is 32.3 Å². The first-order valence-corrected chi connectivity index (χ1v) is 6.12. The number of benzene rings is 1. The van der Waals surface area contributed by atoms with Crippen molar-refractivity contribution in [1.82, 2.24) is 5.32 Å². The molecule has 0 amide bonds. The average Bonchev–Trinajstić information content (AvgIpc) is 2.79. The lowest BCUT2D eigenvalue weighted by molar-refractivity contribution is 0.193. The molecule has 2 bridgehead atoms. The van der Waals surface area contributed by atoms with Crippen LogP contribution in [0, 0.1) is 12.3 Å².